The molecule has 7 heteroatoms. The maximum Gasteiger partial charge on any atom is 0.291 e. The Labute approximate surface area is 164 Å². The van der Waals surface area contributed by atoms with Crippen molar-refractivity contribution in [2.45, 2.75) is 0 Å². The van der Waals surface area contributed by atoms with E-state index in [0.717, 1.165) is 9.86 Å². The number of halogens is 1. The highest BCUT2D eigenvalue weighted by Gasteiger charge is 2.19. The van der Waals surface area contributed by atoms with Crippen LogP contribution in [0, 0.1) is 0 Å². The normalized spacial score (nSPS) is 14.3. The van der Waals surface area contributed by atoms with Gasteiger partial charge in [-0.25, -0.2) is 0 Å². The average Bonchev–Trinajstić information content (AvgIpc) is 3.11. The Morgan fingerprint density at radius 1 is 1.04 bits per heavy atom. The molecule has 27 heavy (non-hydrogen) atoms. The first-order chi connectivity index (χ1) is 13.1. The molecule has 0 spiro atoms. The summed E-state index contributed by atoms with van der Waals surface area (Å²) < 4.78 is 11.8. The minimum Gasteiger partial charge on any atom is -0.451 e. The van der Waals surface area contributed by atoms with E-state index >= 15 is 0 Å². The topological polar surface area (TPSA) is 71.8 Å². The molecule has 6 nitrogen and oxygen atoms in total. The van der Waals surface area contributed by atoms with Gasteiger partial charge in [-0.15, -0.1) is 0 Å². The minimum atomic E-state index is -0.363. The number of benzene rings is 2. The van der Waals surface area contributed by atoms with E-state index in [-0.39, 0.29) is 17.6 Å². The number of carbonyl (C=O) groups is 2. The SMILES string of the molecule is O=C(Nc1cccc(C(=O)N2CCOCC2)c1)c1cc2cc(Br)ccc2o1. The third-order valence-corrected chi connectivity index (χ3v) is 4.86. The van der Waals surface area contributed by atoms with E-state index in [1.807, 2.05) is 12.1 Å². The van der Waals surface area contributed by atoms with Gasteiger partial charge in [-0.2, -0.15) is 0 Å². The van der Waals surface area contributed by atoms with E-state index in [1.54, 1.807) is 41.3 Å². The van der Waals surface area contributed by atoms with Crippen LogP contribution < -0.4 is 5.32 Å². The molecular formula is C20H17BrN2O4. The van der Waals surface area contributed by atoms with E-state index in [1.165, 1.54) is 0 Å². The number of morpholine rings is 1. The van der Waals surface area contributed by atoms with Gasteiger partial charge in [0.05, 0.1) is 13.2 Å². The van der Waals surface area contributed by atoms with Gasteiger partial charge in [0.1, 0.15) is 5.58 Å². The number of nitrogens with zero attached hydrogens (tertiary/aromatic N) is 1. The van der Waals surface area contributed by atoms with Crippen LogP contribution in [0.1, 0.15) is 20.9 Å². The highest BCUT2D eigenvalue weighted by Crippen LogP contribution is 2.24. The zero-order valence-corrected chi connectivity index (χ0v) is 16.0. The number of amides is 2. The molecule has 1 N–H and O–H groups in total. The van der Waals surface area contributed by atoms with Crippen molar-refractivity contribution in [1.29, 1.82) is 0 Å². The van der Waals surface area contributed by atoms with Crippen molar-refractivity contribution in [2.24, 2.45) is 0 Å². The van der Waals surface area contributed by atoms with Gasteiger partial charge >= 0.3 is 0 Å². The summed E-state index contributed by atoms with van der Waals surface area (Å²) in [5.74, 6) is -0.214. The van der Waals surface area contributed by atoms with Crippen LogP contribution in [0.15, 0.2) is 57.4 Å². The highest BCUT2D eigenvalue weighted by molar-refractivity contribution is 9.10. The van der Waals surface area contributed by atoms with E-state index in [9.17, 15) is 9.59 Å². The summed E-state index contributed by atoms with van der Waals surface area (Å²) in [6.07, 6.45) is 0. The van der Waals surface area contributed by atoms with Crippen molar-refractivity contribution in [3.05, 3.63) is 64.3 Å². The molecule has 0 bridgehead atoms. The Morgan fingerprint density at radius 2 is 1.85 bits per heavy atom. The van der Waals surface area contributed by atoms with Crippen LogP contribution in [0.3, 0.4) is 0 Å². The second kappa shape index (κ2) is 7.54. The monoisotopic (exact) mass is 428 g/mol. The molecule has 138 valence electrons. The van der Waals surface area contributed by atoms with Crippen molar-refractivity contribution in [2.75, 3.05) is 31.6 Å². The number of fused-ring (bicyclic) bond motifs is 1. The van der Waals surface area contributed by atoms with E-state index in [2.05, 4.69) is 21.2 Å². The van der Waals surface area contributed by atoms with Crippen LogP contribution in [0.25, 0.3) is 11.0 Å². The van der Waals surface area contributed by atoms with E-state index in [4.69, 9.17) is 9.15 Å². The lowest BCUT2D eigenvalue weighted by molar-refractivity contribution is 0.0303. The van der Waals surface area contributed by atoms with Gasteiger partial charge < -0.3 is 19.4 Å². The molecule has 2 aromatic carbocycles. The zero-order valence-electron chi connectivity index (χ0n) is 14.4. The standard InChI is InChI=1S/C20H17BrN2O4/c21-15-4-5-17-14(10-15)12-18(27-17)19(24)22-16-3-1-2-13(11-16)20(25)23-6-8-26-9-7-23/h1-5,10-12H,6-9H2,(H,22,24). The predicted molar refractivity (Wildman–Crippen MR) is 105 cm³/mol. The molecule has 2 heterocycles. The smallest absolute Gasteiger partial charge is 0.291 e. The Bertz CT molecular complexity index is 1010. The van der Waals surface area contributed by atoms with Crippen molar-refractivity contribution >= 4 is 44.4 Å². The Balaban J connectivity index is 1.51. The summed E-state index contributed by atoms with van der Waals surface area (Å²) >= 11 is 3.40. The zero-order chi connectivity index (χ0) is 18.8. The van der Waals surface area contributed by atoms with Gasteiger partial charge in [-0.05, 0) is 42.5 Å². The second-order valence-electron chi connectivity index (χ2n) is 6.23. The summed E-state index contributed by atoms with van der Waals surface area (Å²) in [7, 11) is 0. The Morgan fingerprint density at radius 3 is 2.67 bits per heavy atom. The number of hydrogen-bond donors (Lipinski definition) is 1. The fourth-order valence-corrected chi connectivity index (χ4v) is 3.38. The lowest BCUT2D eigenvalue weighted by atomic mass is 10.1. The molecule has 0 atom stereocenters. The summed E-state index contributed by atoms with van der Waals surface area (Å²) in [6.45, 7) is 2.24. The predicted octanol–water partition coefficient (Wildman–Crippen LogP) is 3.92. The maximum absolute atomic E-state index is 12.6. The van der Waals surface area contributed by atoms with Gasteiger partial charge in [0.25, 0.3) is 11.8 Å². The van der Waals surface area contributed by atoms with E-state index in [0.29, 0.717) is 43.1 Å². The molecule has 0 unspecified atom stereocenters. The van der Waals surface area contributed by atoms with Crippen molar-refractivity contribution in [3.63, 3.8) is 0 Å². The maximum atomic E-state index is 12.6. The number of ether oxygens (including phenoxy) is 1. The molecule has 0 radical (unpaired) electrons. The number of anilines is 1. The molecule has 1 saturated heterocycles. The van der Waals surface area contributed by atoms with E-state index < -0.39 is 0 Å². The average molecular weight is 429 g/mol. The van der Waals surface area contributed by atoms with Gasteiger partial charge in [-0.3, -0.25) is 9.59 Å². The van der Waals surface area contributed by atoms with Crippen LogP contribution in [0.2, 0.25) is 0 Å². The van der Waals surface area contributed by atoms with Crippen LogP contribution in [-0.4, -0.2) is 43.0 Å². The molecule has 1 aliphatic heterocycles. The second-order valence-corrected chi connectivity index (χ2v) is 7.15. The highest BCUT2D eigenvalue weighted by atomic mass is 79.9. The third-order valence-electron chi connectivity index (χ3n) is 4.37. The summed E-state index contributed by atoms with van der Waals surface area (Å²) in [5, 5.41) is 3.63. The first kappa shape index (κ1) is 17.8. The van der Waals surface area contributed by atoms with Gasteiger partial charge in [-0.1, -0.05) is 22.0 Å². The Hall–Kier alpha value is -2.64. The molecule has 1 aromatic heterocycles. The molecule has 0 saturated carbocycles. The molecule has 0 aliphatic carbocycles. The van der Waals surface area contributed by atoms with Crippen molar-refractivity contribution < 1.29 is 18.7 Å². The fourth-order valence-electron chi connectivity index (χ4n) is 3.00. The number of rotatable bonds is 3. The van der Waals surface area contributed by atoms with Gasteiger partial charge in [0.15, 0.2) is 5.76 Å². The molecule has 1 aliphatic rings. The van der Waals surface area contributed by atoms with Crippen LogP contribution in [0.5, 0.6) is 0 Å². The Kier molecular flexibility index (Phi) is 4.96. The number of hydrogen-bond acceptors (Lipinski definition) is 4. The lowest BCUT2D eigenvalue weighted by Crippen LogP contribution is -2.40. The molecule has 3 aromatic rings. The first-order valence-electron chi connectivity index (χ1n) is 8.58. The molecular weight excluding hydrogens is 412 g/mol. The summed E-state index contributed by atoms with van der Waals surface area (Å²) in [5.41, 5.74) is 1.71. The summed E-state index contributed by atoms with van der Waals surface area (Å²) in [6, 6.07) is 14.1. The largest absolute Gasteiger partial charge is 0.451 e. The summed E-state index contributed by atoms with van der Waals surface area (Å²) in [4.78, 5) is 26.9. The van der Waals surface area contributed by atoms with Crippen molar-refractivity contribution in [3.8, 4) is 0 Å². The molecule has 1 fully saturated rings. The van der Waals surface area contributed by atoms with Gasteiger partial charge in [0.2, 0.25) is 0 Å². The minimum absolute atomic E-state index is 0.0667. The van der Waals surface area contributed by atoms with Crippen molar-refractivity contribution in [1.82, 2.24) is 4.90 Å². The third kappa shape index (κ3) is 3.89. The number of nitrogens with one attached hydrogen (secondary N) is 1. The van der Waals surface area contributed by atoms with Crippen LogP contribution in [-0.2, 0) is 4.74 Å². The number of carbonyl (C=O) groups excluding carboxylic acids is 2. The van der Waals surface area contributed by atoms with Crippen LogP contribution >= 0.6 is 15.9 Å². The quantitative estimate of drug-likeness (QED) is 0.685. The van der Waals surface area contributed by atoms with Gasteiger partial charge in [0, 0.05) is 34.2 Å². The first-order valence-corrected chi connectivity index (χ1v) is 9.37. The van der Waals surface area contributed by atoms with Crippen LogP contribution in [0.4, 0.5) is 5.69 Å². The lowest BCUT2D eigenvalue weighted by Gasteiger charge is -2.27. The fraction of sp³-hybridized carbons (Fsp3) is 0.200. The molecule has 2 amide bonds. The molecule has 4 rings (SSSR count). The number of furan rings is 1.